The Morgan fingerprint density at radius 3 is 1.36 bits per heavy atom. The summed E-state index contributed by atoms with van der Waals surface area (Å²) in [5.74, 6) is 0. The maximum atomic E-state index is 6.45. The first-order valence-corrected chi connectivity index (χ1v) is 19.1. The fourth-order valence-electron chi connectivity index (χ4n) is 7.93. The number of hydrogen-bond donors (Lipinski definition) is 0. The van der Waals surface area contributed by atoms with Gasteiger partial charge in [-0.1, -0.05) is 164 Å². The molecule has 0 unspecified atom stereocenters. The van der Waals surface area contributed by atoms with Gasteiger partial charge in [-0.3, -0.25) is 0 Å². The molecule has 0 N–H and O–H groups in total. The van der Waals surface area contributed by atoms with Gasteiger partial charge < -0.3 is 9.32 Å². The van der Waals surface area contributed by atoms with Crippen molar-refractivity contribution in [3.8, 4) is 55.6 Å². The molecule has 0 amide bonds. The van der Waals surface area contributed by atoms with E-state index in [9.17, 15) is 0 Å². The van der Waals surface area contributed by atoms with Crippen LogP contribution in [0.2, 0.25) is 0 Å². The third kappa shape index (κ3) is 6.24. The highest BCUT2D eigenvalue weighted by molar-refractivity contribution is 6.14. The zero-order chi connectivity index (χ0) is 37.3. The molecule has 1 heterocycles. The Morgan fingerprint density at radius 2 is 0.750 bits per heavy atom. The van der Waals surface area contributed by atoms with Gasteiger partial charge in [-0.2, -0.15) is 0 Å². The molecule has 0 radical (unpaired) electrons. The van der Waals surface area contributed by atoms with Crippen LogP contribution >= 0.6 is 0 Å². The molecule has 0 aliphatic carbocycles. The zero-order valence-corrected chi connectivity index (χ0v) is 30.7. The van der Waals surface area contributed by atoms with Gasteiger partial charge in [-0.05, 0) is 111 Å². The van der Waals surface area contributed by atoms with E-state index in [1.807, 2.05) is 6.07 Å². The molecule has 2 nitrogen and oxygen atoms in total. The lowest BCUT2D eigenvalue weighted by atomic mass is 9.91. The van der Waals surface area contributed by atoms with Gasteiger partial charge in [0.05, 0.1) is 16.8 Å². The average molecular weight is 716 g/mol. The van der Waals surface area contributed by atoms with E-state index in [0.717, 1.165) is 61.3 Å². The number of furan rings is 1. The second-order valence-electron chi connectivity index (χ2n) is 14.1. The van der Waals surface area contributed by atoms with E-state index in [-0.39, 0.29) is 0 Å². The van der Waals surface area contributed by atoms with E-state index in [1.165, 1.54) is 33.4 Å². The van der Waals surface area contributed by atoms with Crippen molar-refractivity contribution >= 4 is 39.0 Å². The predicted molar refractivity (Wildman–Crippen MR) is 236 cm³/mol. The van der Waals surface area contributed by atoms with Crippen LogP contribution in [0.4, 0.5) is 17.1 Å². The van der Waals surface area contributed by atoms with Crippen molar-refractivity contribution in [2.24, 2.45) is 0 Å². The van der Waals surface area contributed by atoms with Crippen LogP contribution in [-0.4, -0.2) is 0 Å². The number of para-hydroxylation sites is 1. The van der Waals surface area contributed by atoms with Gasteiger partial charge in [-0.15, -0.1) is 0 Å². The second kappa shape index (κ2) is 14.4. The lowest BCUT2D eigenvalue weighted by Crippen LogP contribution is -2.11. The minimum atomic E-state index is 0.860. The Kier molecular flexibility index (Phi) is 8.55. The average Bonchev–Trinajstić information content (AvgIpc) is 3.67. The van der Waals surface area contributed by atoms with Crippen molar-refractivity contribution in [1.29, 1.82) is 0 Å². The highest BCUT2D eigenvalue weighted by Gasteiger charge is 2.23. The number of hydrogen-bond acceptors (Lipinski definition) is 2. The van der Waals surface area contributed by atoms with Crippen LogP contribution in [0.5, 0.6) is 0 Å². The maximum Gasteiger partial charge on any atom is 0.137 e. The second-order valence-corrected chi connectivity index (χ2v) is 14.1. The lowest BCUT2D eigenvalue weighted by Gasteiger charge is -2.29. The molecule has 0 bridgehead atoms. The van der Waals surface area contributed by atoms with Crippen molar-refractivity contribution in [2.45, 2.75) is 0 Å². The van der Waals surface area contributed by atoms with Gasteiger partial charge in [-0.25, -0.2) is 0 Å². The lowest BCUT2D eigenvalue weighted by molar-refractivity contribution is 0.669. The molecule has 0 spiro atoms. The van der Waals surface area contributed by atoms with Crippen LogP contribution in [0.25, 0.3) is 77.6 Å². The highest BCUT2D eigenvalue weighted by Crippen LogP contribution is 2.47. The summed E-state index contributed by atoms with van der Waals surface area (Å²) in [7, 11) is 0. The van der Waals surface area contributed by atoms with Gasteiger partial charge >= 0.3 is 0 Å². The topological polar surface area (TPSA) is 16.4 Å². The van der Waals surface area contributed by atoms with Crippen LogP contribution in [0.1, 0.15) is 0 Å². The van der Waals surface area contributed by atoms with Gasteiger partial charge in [0, 0.05) is 16.6 Å². The molecule has 56 heavy (non-hydrogen) atoms. The molecule has 0 atom stereocenters. The molecule has 264 valence electrons. The van der Waals surface area contributed by atoms with Crippen LogP contribution < -0.4 is 4.90 Å². The summed E-state index contributed by atoms with van der Waals surface area (Å²) >= 11 is 0. The van der Waals surface area contributed by atoms with Crippen molar-refractivity contribution in [1.82, 2.24) is 0 Å². The standard InChI is InChI=1S/C54H37NO/c1-5-16-38(17-6-1)41-28-31-47(32-29-41)55(51-25-15-27-53-54(51)48-24-13-14-26-52(48)56-53)50-33-30-43(37-49(50)42-22-11-4-12-23-42)46-35-44(39-18-7-2-8-19-39)34-45(36-46)40-20-9-3-10-21-40/h1-37H. The van der Waals surface area contributed by atoms with E-state index in [4.69, 9.17) is 4.42 Å². The van der Waals surface area contributed by atoms with Gasteiger partial charge in [0.1, 0.15) is 11.2 Å². The summed E-state index contributed by atoms with van der Waals surface area (Å²) in [4.78, 5) is 2.40. The number of anilines is 3. The SMILES string of the molecule is c1ccc(-c2ccc(N(c3ccc(-c4cc(-c5ccccc5)cc(-c5ccccc5)c4)cc3-c3ccccc3)c3cccc4oc5ccccc5c34)cc2)cc1. The van der Waals surface area contributed by atoms with Crippen molar-refractivity contribution < 1.29 is 4.42 Å². The Hall–Kier alpha value is -7.42. The van der Waals surface area contributed by atoms with Crippen molar-refractivity contribution in [3.05, 3.63) is 224 Å². The number of rotatable bonds is 8. The largest absolute Gasteiger partial charge is 0.456 e. The fraction of sp³-hybridized carbons (Fsp3) is 0. The van der Waals surface area contributed by atoms with E-state index < -0.39 is 0 Å². The summed E-state index contributed by atoms with van der Waals surface area (Å²) < 4.78 is 6.45. The fourth-order valence-corrected chi connectivity index (χ4v) is 7.93. The summed E-state index contributed by atoms with van der Waals surface area (Å²) in [6, 6.07) is 80.2. The van der Waals surface area contributed by atoms with Crippen LogP contribution in [0, 0.1) is 0 Å². The Morgan fingerprint density at radius 1 is 0.286 bits per heavy atom. The molecule has 9 aromatic carbocycles. The smallest absolute Gasteiger partial charge is 0.137 e. The first-order valence-electron chi connectivity index (χ1n) is 19.1. The summed E-state index contributed by atoms with van der Waals surface area (Å²) in [6.07, 6.45) is 0. The van der Waals surface area contributed by atoms with Gasteiger partial charge in [0.15, 0.2) is 0 Å². The van der Waals surface area contributed by atoms with Crippen molar-refractivity contribution in [2.75, 3.05) is 4.90 Å². The van der Waals surface area contributed by atoms with E-state index in [0.29, 0.717) is 0 Å². The molecule has 1 aromatic heterocycles. The van der Waals surface area contributed by atoms with Crippen LogP contribution in [0.3, 0.4) is 0 Å². The molecule has 10 rings (SSSR count). The number of fused-ring (bicyclic) bond motifs is 3. The Labute approximate surface area is 327 Å². The van der Waals surface area contributed by atoms with Gasteiger partial charge in [0.2, 0.25) is 0 Å². The summed E-state index contributed by atoms with van der Waals surface area (Å²) in [5.41, 5.74) is 16.6. The first-order chi connectivity index (χ1) is 27.8. The number of benzene rings is 9. The summed E-state index contributed by atoms with van der Waals surface area (Å²) in [6.45, 7) is 0. The zero-order valence-electron chi connectivity index (χ0n) is 30.7. The molecule has 2 heteroatoms. The quantitative estimate of drug-likeness (QED) is 0.156. The molecular formula is C54H37NO. The summed E-state index contributed by atoms with van der Waals surface area (Å²) in [5, 5.41) is 2.18. The Bertz CT molecular complexity index is 2870. The van der Waals surface area contributed by atoms with E-state index >= 15 is 0 Å². The van der Waals surface area contributed by atoms with Crippen molar-refractivity contribution in [3.63, 3.8) is 0 Å². The number of nitrogens with zero attached hydrogens (tertiary/aromatic N) is 1. The maximum absolute atomic E-state index is 6.45. The first kappa shape index (κ1) is 33.2. The molecule has 0 aliphatic rings. The van der Waals surface area contributed by atoms with E-state index in [2.05, 4.69) is 223 Å². The minimum Gasteiger partial charge on any atom is -0.456 e. The predicted octanol–water partition coefficient (Wildman–Crippen LogP) is 15.4. The third-order valence-electron chi connectivity index (χ3n) is 10.7. The minimum absolute atomic E-state index is 0.860. The molecular weight excluding hydrogens is 679 g/mol. The van der Waals surface area contributed by atoms with E-state index in [1.54, 1.807) is 0 Å². The monoisotopic (exact) mass is 715 g/mol. The van der Waals surface area contributed by atoms with Crippen LogP contribution in [0.15, 0.2) is 229 Å². The van der Waals surface area contributed by atoms with Crippen LogP contribution in [-0.2, 0) is 0 Å². The molecule has 0 aliphatic heterocycles. The molecule has 0 fully saturated rings. The highest BCUT2D eigenvalue weighted by atomic mass is 16.3. The Balaban J connectivity index is 1.21. The third-order valence-corrected chi connectivity index (χ3v) is 10.7. The molecule has 0 saturated heterocycles. The molecule has 0 saturated carbocycles. The molecule has 10 aromatic rings. The van der Waals surface area contributed by atoms with Gasteiger partial charge in [0.25, 0.3) is 0 Å². The normalized spacial score (nSPS) is 11.2.